The highest BCUT2D eigenvalue weighted by Gasteiger charge is 2.31. The number of anilines is 1. The van der Waals surface area contributed by atoms with Gasteiger partial charge in [0.1, 0.15) is 17.4 Å². The standard InChI is InChI=1S/C19H18F5N3O4S/c20-13-9-14(21)11-17(10-13)32(29,30)27-7-5-26(6-8-27)12-18(28)25-15-1-3-16(4-2-15)31-19(22,23)24/h1-4,9-11H,5-8,12H2,(H,25,28). The second-order valence-electron chi connectivity index (χ2n) is 6.91. The first-order valence-electron chi connectivity index (χ1n) is 9.27. The summed E-state index contributed by atoms with van der Waals surface area (Å²) in [6.45, 7) is 0.337. The van der Waals surface area contributed by atoms with Gasteiger partial charge in [0.15, 0.2) is 0 Å². The maximum atomic E-state index is 13.4. The van der Waals surface area contributed by atoms with Crippen LogP contribution in [0.5, 0.6) is 5.75 Å². The molecule has 1 heterocycles. The predicted octanol–water partition coefficient (Wildman–Crippen LogP) is 2.81. The molecule has 0 bridgehead atoms. The van der Waals surface area contributed by atoms with Crippen molar-refractivity contribution in [2.75, 3.05) is 38.0 Å². The van der Waals surface area contributed by atoms with Crippen molar-refractivity contribution >= 4 is 21.6 Å². The van der Waals surface area contributed by atoms with Gasteiger partial charge in [-0.15, -0.1) is 13.2 Å². The number of hydrogen-bond donors (Lipinski definition) is 1. The van der Waals surface area contributed by atoms with Crippen LogP contribution in [-0.4, -0.2) is 62.6 Å². The summed E-state index contributed by atoms with van der Waals surface area (Å²) in [5.74, 6) is -2.88. The van der Waals surface area contributed by atoms with E-state index in [2.05, 4.69) is 10.1 Å². The number of halogens is 5. The van der Waals surface area contributed by atoms with Crippen molar-refractivity contribution in [1.29, 1.82) is 0 Å². The monoisotopic (exact) mass is 479 g/mol. The highest BCUT2D eigenvalue weighted by molar-refractivity contribution is 7.89. The van der Waals surface area contributed by atoms with E-state index in [9.17, 15) is 35.2 Å². The van der Waals surface area contributed by atoms with E-state index in [-0.39, 0.29) is 38.4 Å². The highest BCUT2D eigenvalue weighted by atomic mass is 32.2. The van der Waals surface area contributed by atoms with Crippen molar-refractivity contribution in [3.63, 3.8) is 0 Å². The predicted molar refractivity (Wildman–Crippen MR) is 103 cm³/mol. The summed E-state index contributed by atoms with van der Waals surface area (Å²) in [7, 11) is -4.09. The molecule has 0 atom stereocenters. The first-order valence-corrected chi connectivity index (χ1v) is 10.7. The molecular formula is C19H18F5N3O4S. The molecule has 2 aromatic carbocycles. The Balaban J connectivity index is 1.52. The van der Waals surface area contributed by atoms with Crippen LogP contribution in [0.15, 0.2) is 47.4 Å². The Morgan fingerprint density at radius 1 is 0.969 bits per heavy atom. The molecule has 0 aromatic heterocycles. The summed E-state index contributed by atoms with van der Waals surface area (Å²) in [6, 6.07) is 6.67. The first-order chi connectivity index (χ1) is 14.9. The Hall–Kier alpha value is -2.77. The van der Waals surface area contributed by atoms with E-state index in [0.29, 0.717) is 6.07 Å². The maximum Gasteiger partial charge on any atom is 0.573 e. The van der Waals surface area contributed by atoms with Crippen LogP contribution in [0, 0.1) is 11.6 Å². The fourth-order valence-electron chi connectivity index (χ4n) is 3.10. The minimum absolute atomic E-state index is 0.0111. The van der Waals surface area contributed by atoms with Crippen LogP contribution in [0.1, 0.15) is 0 Å². The molecule has 0 aliphatic carbocycles. The molecule has 3 rings (SSSR count). The van der Waals surface area contributed by atoms with Gasteiger partial charge in [-0.3, -0.25) is 9.69 Å². The average molecular weight is 479 g/mol. The van der Waals surface area contributed by atoms with Crippen LogP contribution in [0.4, 0.5) is 27.6 Å². The molecular weight excluding hydrogens is 461 g/mol. The summed E-state index contributed by atoms with van der Waals surface area (Å²) in [6.07, 6.45) is -4.82. The van der Waals surface area contributed by atoms with Gasteiger partial charge in [0.25, 0.3) is 0 Å². The molecule has 1 N–H and O–H groups in total. The summed E-state index contributed by atoms with van der Waals surface area (Å²) >= 11 is 0. The number of piperazine rings is 1. The minimum Gasteiger partial charge on any atom is -0.406 e. The van der Waals surface area contributed by atoms with Crippen molar-refractivity contribution in [3.8, 4) is 5.75 Å². The van der Waals surface area contributed by atoms with Gasteiger partial charge in [0.05, 0.1) is 11.4 Å². The molecule has 0 saturated carbocycles. The Labute approximate surface area is 180 Å². The molecule has 1 saturated heterocycles. The first kappa shape index (κ1) is 23.9. The van der Waals surface area contributed by atoms with Gasteiger partial charge >= 0.3 is 6.36 Å². The third kappa shape index (κ3) is 6.37. The van der Waals surface area contributed by atoms with Gasteiger partial charge < -0.3 is 10.1 Å². The lowest BCUT2D eigenvalue weighted by molar-refractivity contribution is -0.274. The average Bonchev–Trinajstić information content (AvgIpc) is 2.68. The van der Waals surface area contributed by atoms with Crippen LogP contribution >= 0.6 is 0 Å². The van der Waals surface area contributed by atoms with Crippen LogP contribution < -0.4 is 10.1 Å². The summed E-state index contributed by atoms with van der Waals surface area (Å²) < 4.78 is 93.3. The quantitative estimate of drug-likeness (QED) is 0.645. The third-order valence-electron chi connectivity index (χ3n) is 4.54. The van der Waals surface area contributed by atoms with Crippen LogP contribution in [0.25, 0.3) is 0 Å². The van der Waals surface area contributed by atoms with Gasteiger partial charge in [-0.2, -0.15) is 4.31 Å². The van der Waals surface area contributed by atoms with E-state index in [0.717, 1.165) is 28.6 Å². The van der Waals surface area contributed by atoms with E-state index < -0.39 is 44.6 Å². The molecule has 7 nitrogen and oxygen atoms in total. The van der Waals surface area contributed by atoms with Gasteiger partial charge in [-0.25, -0.2) is 17.2 Å². The second-order valence-corrected chi connectivity index (χ2v) is 8.84. The molecule has 0 spiro atoms. The molecule has 0 unspecified atom stereocenters. The SMILES string of the molecule is O=C(CN1CCN(S(=O)(=O)c2cc(F)cc(F)c2)CC1)Nc1ccc(OC(F)(F)F)cc1. The molecule has 1 aliphatic heterocycles. The molecule has 1 aliphatic rings. The van der Waals surface area contributed by atoms with Crippen LogP contribution in [-0.2, 0) is 14.8 Å². The van der Waals surface area contributed by atoms with Crippen molar-refractivity contribution in [3.05, 3.63) is 54.1 Å². The zero-order chi connectivity index (χ0) is 23.5. The van der Waals surface area contributed by atoms with E-state index in [1.54, 1.807) is 4.90 Å². The topological polar surface area (TPSA) is 79.0 Å². The molecule has 1 fully saturated rings. The summed E-state index contributed by atoms with van der Waals surface area (Å²) in [4.78, 5) is 13.4. The minimum atomic E-state index is -4.82. The second kappa shape index (κ2) is 9.38. The number of carbonyl (C=O) groups excluding carboxylic acids is 1. The van der Waals surface area contributed by atoms with Crippen LogP contribution in [0.2, 0.25) is 0 Å². The normalized spacial score (nSPS) is 16.0. The number of sulfonamides is 1. The lowest BCUT2D eigenvalue weighted by Crippen LogP contribution is -2.50. The van der Waals surface area contributed by atoms with E-state index in [1.807, 2.05) is 0 Å². The fraction of sp³-hybridized carbons (Fsp3) is 0.316. The van der Waals surface area contributed by atoms with Crippen LogP contribution in [0.3, 0.4) is 0 Å². The Morgan fingerprint density at radius 2 is 1.53 bits per heavy atom. The van der Waals surface area contributed by atoms with E-state index in [4.69, 9.17) is 0 Å². The number of hydrogen-bond acceptors (Lipinski definition) is 5. The molecule has 13 heteroatoms. The summed E-state index contributed by atoms with van der Waals surface area (Å²) in [5.41, 5.74) is 0.263. The fourth-order valence-corrected chi connectivity index (χ4v) is 4.56. The van der Waals surface area contributed by atoms with Gasteiger partial charge in [0, 0.05) is 37.9 Å². The number of nitrogens with one attached hydrogen (secondary N) is 1. The highest BCUT2D eigenvalue weighted by Crippen LogP contribution is 2.24. The zero-order valence-corrected chi connectivity index (χ0v) is 17.2. The number of carbonyl (C=O) groups is 1. The van der Waals surface area contributed by atoms with E-state index in [1.165, 1.54) is 12.1 Å². The molecule has 174 valence electrons. The number of amides is 1. The maximum absolute atomic E-state index is 13.4. The van der Waals surface area contributed by atoms with Crippen molar-refractivity contribution in [2.24, 2.45) is 0 Å². The number of alkyl halides is 3. The van der Waals surface area contributed by atoms with E-state index >= 15 is 0 Å². The number of benzene rings is 2. The lowest BCUT2D eigenvalue weighted by atomic mass is 10.3. The largest absolute Gasteiger partial charge is 0.573 e. The molecule has 0 radical (unpaired) electrons. The Morgan fingerprint density at radius 3 is 2.06 bits per heavy atom. The van der Waals surface area contributed by atoms with Crippen molar-refractivity contribution < 1.29 is 39.9 Å². The molecule has 1 amide bonds. The number of nitrogens with zero attached hydrogens (tertiary/aromatic N) is 2. The zero-order valence-electron chi connectivity index (χ0n) is 16.4. The molecule has 2 aromatic rings. The number of rotatable bonds is 6. The van der Waals surface area contributed by atoms with Gasteiger partial charge in [0.2, 0.25) is 15.9 Å². The summed E-state index contributed by atoms with van der Waals surface area (Å²) in [5, 5.41) is 2.53. The van der Waals surface area contributed by atoms with Gasteiger partial charge in [-0.05, 0) is 36.4 Å². The van der Waals surface area contributed by atoms with Gasteiger partial charge in [-0.1, -0.05) is 0 Å². The number of ether oxygens (including phenoxy) is 1. The molecule has 32 heavy (non-hydrogen) atoms. The van der Waals surface area contributed by atoms with Crippen molar-refractivity contribution in [1.82, 2.24) is 9.21 Å². The Kier molecular flexibility index (Phi) is 7.00. The Bertz CT molecular complexity index is 1050. The smallest absolute Gasteiger partial charge is 0.406 e. The third-order valence-corrected chi connectivity index (χ3v) is 6.42. The van der Waals surface area contributed by atoms with Crippen molar-refractivity contribution in [2.45, 2.75) is 11.3 Å². The lowest BCUT2D eigenvalue weighted by Gasteiger charge is -2.33.